The van der Waals surface area contributed by atoms with E-state index in [4.69, 9.17) is 21.1 Å². The Morgan fingerprint density at radius 2 is 2.00 bits per heavy atom. The molecule has 1 N–H and O–H groups in total. The zero-order valence-corrected chi connectivity index (χ0v) is 14.3. The van der Waals surface area contributed by atoms with E-state index >= 15 is 0 Å². The average Bonchev–Trinajstić information content (AvgIpc) is 2.90. The van der Waals surface area contributed by atoms with E-state index in [-0.39, 0.29) is 0 Å². The van der Waals surface area contributed by atoms with Crippen LogP contribution in [0.3, 0.4) is 0 Å². The van der Waals surface area contributed by atoms with Crippen LogP contribution in [0, 0.1) is 6.92 Å². The highest BCUT2D eigenvalue weighted by molar-refractivity contribution is 7.12. The molecular formula is C16H20ClNO2S. The summed E-state index contributed by atoms with van der Waals surface area (Å²) in [6.07, 6.45) is 0. The Labute approximate surface area is 134 Å². The van der Waals surface area contributed by atoms with Crippen LogP contribution in [0.5, 0.6) is 11.5 Å². The monoisotopic (exact) mass is 325 g/mol. The smallest absolute Gasteiger partial charge is 0.179 e. The van der Waals surface area contributed by atoms with Crippen molar-refractivity contribution in [1.29, 1.82) is 0 Å². The zero-order valence-electron chi connectivity index (χ0n) is 12.7. The molecule has 114 valence electrons. The van der Waals surface area contributed by atoms with Gasteiger partial charge in [0.05, 0.1) is 19.2 Å². The number of nitrogens with one attached hydrogen (secondary N) is 1. The van der Waals surface area contributed by atoms with Crippen LogP contribution < -0.4 is 14.8 Å². The summed E-state index contributed by atoms with van der Waals surface area (Å²) in [5.74, 6) is 1.23. The van der Waals surface area contributed by atoms with Crippen LogP contribution in [-0.2, 0) is 6.54 Å². The van der Waals surface area contributed by atoms with E-state index in [1.165, 1.54) is 9.75 Å². The molecule has 3 nitrogen and oxygen atoms in total. The van der Waals surface area contributed by atoms with Gasteiger partial charge in [0, 0.05) is 22.3 Å². The Kier molecular flexibility index (Phi) is 5.51. The van der Waals surface area contributed by atoms with Gasteiger partial charge < -0.3 is 14.8 Å². The van der Waals surface area contributed by atoms with Crippen LogP contribution in [0.25, 0.3) is 0 Å². The molecule has 0 bridgehead atoms. The number of halogens is 1. The maximum atomic E-state index is 6.22. The number of ether oxygens (including phenoxy) is 2. The standard InChI is InChI=1S/C16H20ClNO2S/c1-10-5-6-15(21-10)11(2)18-9-12-7-13(17)16(20-4)14(8-12)19-3/h5-8,11,18H,9H2,1-4H3. The second-order valence-electron chi connectivity index (χ2n) is 4.86. The molecular weight excluding hydrogens is 306 g/mol. The first-order chi connectivity index (χ1) is 10.0. The maximum absolute atomic E-state index is 6.22. The molecule has 0 saturated heterocycles. The van der Waals surface area contributed by atoms with E-state index in [1.807, 2.05) is 23.5 Å². The molecule has 0 radical (unpaired) electrons. The molecule has 2 aromatic rings. The minimum absolute atomic E-state index is 0.301. The first-order valence-corrected chi connectivity index (χ1v) is 7.94. The van der Waals surface area contributed by atoms with Crippen molar-refractivity contribution in [2.45, 2.75) is 26.4 Å². The summed E-state index contributed by atoms with van der Waals surface area (Å²) in [5.41, 5.74) is 1.07. The summed E-state index contributed by atoms with van der Waals surface area (Å²) in [6.45, 7) is 5.00. The van der Waals surface area contributed by atoms with Gasteiger partial charge in [-0.15, -0.1) is 11.3 Å². The number of rotatable bonds is 6. The van der Waals surface area contributed by atoms with Gasteiger partial charge in [0.2, 0.25) is 0 Å². The number of aryl methyl sites for hydroxylation is 1. The third-order valence-corrected chi connectivity index (χ3v) is 4.76. The van der Waals surface area contributed by atoms with Gasteiger partial charge in [0.25, 0.3) is 0 Å². The first-order valence-electron chi connectivity index (χ1n) is 6.75. The second-order valence-corrected chi connectivity index (χ2v) is 6.59. The molecule has 0 fully saturated rings. The lowest BCUT2D eigenvalue weighted by molar-refractivity contribution is 0.354. The van der Waals surface area contributed by atoms with Gasteiger partial charge in [-0.3, -0.25) is 0 Å². The van der Waals surface area contributed by atoms with E-state index in [0.29, 0.717) is 22.6 Å². The van der Waals surface area contributed by atoms with Crippen molar-refractivity contribution in [3.63, 3.8) is 0 Å². The fourth-order valence-corrected chi connectivity index (χ4v) is 3.35. The third kappa shape index (κ3) is 3.90. The summed E-state index contributed by atoms with van der Waals surface area (Å²) in [5, 5.41) is 4.06. The van der Waals surface area contributed by atoms with Crippen LogP contribution in [-0.4, -0.2) is 14.2 Å². The van der Waals surface area contributed by atoms with Crippen molar-refractivity contribution in [3.05, 3.63) is 44.6 Å². The molecule has 5 heteroatoms. The van der Waals surface area contributed by atoms with Gasteiger partial charge >= 0.3 is 0 Å². The van der Waals surface area contributed by atoms with Gasteiger partial charge in [-0.25, -0.2) is 0 Å². The van der Waals surface area contributed by atoms with Crippen molar-refractivity contribution in [2.75, 3.05) is 14.2 Å². The fraction of sp³-hybridized carbons (Fsp3) is 0.375. The summed E-state index contributed by atoms with van der Waals surface area (Å²) in [7, 11) is 3.20. The maximum Gasteiger partial charge on any atom is 0.179 e. The lowest BCUT2D eigenvalue weighted by Gasteiger charge is -2.15. The summed E-state index contributed by atoms with van der Waals surface area (Å²) in [6, 6.07) is 8.47. The lowest BCUT2D eigenvalue weighted by atomic mass is 10.1. The Balaban J connectivity index is 2.08. The molecule has 0 aliphatic heterocycles. The third-order valence-electron chi connectivity index (χ3n) is 3.29. The van der Waals surface area contributed by atoms with Crippen molar-refractivity contribution >= 4 is 22.9 Å². The summed E-state index contributed by atoms with van der Waals surface area (Å²) >= 11 is 8.03. The number of thiophene rings is 1. The van der Waals surface area contributed by atoms with Gasteiger partial charge in [-0.05, 0) is 43.7 Å². The van der Waals surface area contributed by atoms with Crippen molar-refractivity contribution in [3.8, 4) is 11.5 Å². The molecule has 1 unspecified atom stereocenters. The van der Waals surface area contributed by atoms with Crippen LogP contribution in [0.2, 0.25) is 5.02 Å². The first kappa shape index (κ1) is 16.1. The molecule has 1 atom stereocenters. The second kappa shape index (κ2) is 7.16. The van der Waals surface area contributed by atoms with E-state index < -0.39 is 0 Å². The largest absolute Gasteiger partial charge is 0.493 e. The van der Waals surface area contributed by atoms with Crippen molar-refractivity contribution in [2.24, 2.45) is 0 Å². The minimum Gasteiger partial charge on any atom is -0.493 e. The number of hydrogen-bond donors (Lipinski definition) is 1. The van der Waals surface area contributed by atoms with Crippen LogP contribution in [0.1, 0.15) is 28.3 Å². The van der Waals surface area contributed by atoms with Gasteiger partial charge in [-0.2, -0.15) is 0 Å². The molecule has 0 aliphatic carbocycles. The number of methoxy groups -OCH3 is 2. The SMILES string of the molecule is COc1cc(CNC(C)c2ccc(C)s2)cc(Cl)c1OC. The molecule has 0 saturated carbocycles. The normalized spacial score (nSPS) is 12.2. The van der Waals surface area contributed by atoms with Crippen LogP contribution in [0.15, 0.2) is 24.3 Å². The number of benzene rings is 1. The summed E-state index contributed by atoms with van der Waals surface area (Å²) < 4.78 is 10.6. The highest BCUT2D eigenvalue weighted by Gasteiger charge is 2.12. The van der Waals surface area contributed by atoms with E-state index in [0.717, 1.165) is 12.1 Å². The van der Waals surface area contributed by atoms with Crippen molar-refractivity contribution in [1.82, 2.24) is 5.32 Å². The molecule has 1 heterocycles. The van der Waals surface area contributed by atoms with Gasteiger partial charge in [0.1, 0.15) is 0 Å². The zero-order chi connectivity index (χ0) is 15.4. The molecule has 1 aromatic carbocycles. The van der Waals surface area contributed by atoms with E-state index in [1.54, 1.807) is 14.2 Å². The quantitative estimate of drug-likeness (QED) is 0.843. The summed E-state index contributed by atoms with van der Waals surface area (Å²) in [4.78, 5) is 2.66. The fourth-order valence-electron chi connectivity index (χ4n) is 2.13. The van der Waals surface area contributed by atoms with Crippen LogP contribution >= 0.6 is 22.9 Å². The molecule has 21 heavy (non-hydrogen) atoms. The Hall–Kier alpha value is -1.23. The van der Waals surface area contributed by atoms with E-state index in [2.05, 4.69) is 31.3 Å². The molecule has 0 aliphatic rings. The Morgan fingerprint density at radius 1 is 1.24 bits per heavy atom. The average molecular weight is 326 g/mol. The lowest BCUT2D eigenvalue weighted by Crippen LogP contribution is -2.17. The topological polar surface area (TPSA) is 30.5 Å². The Bertz CT molecular complexity index is 612. The van der Waals surface area contributed by atoms with Crippen molar-refractivity contribution < 1.29 is 9.47 Å². The molecule has 0 amide bonds. The van der Waals surface area contributed by atoms with Gasteiger partial charge in [-0.1, -0.05) is 11.6 Å². The molecule has 0 spiro atoms. The van der Waals surface area contributed by atoms with Crippen LogP contribution in [0.4, 0.5) is 0 Å². The number of hydrogen-bond acceptors (Lipinski definition) is 4. The van der Waals surface area contributed by atoms with E-state index in [9.17, 15) is 0 Å². The predicted octanol–water partition coefficient (Wildman–Crippen LogP) is 4.58. The van der Waals surface area contributed by atoms with Gasteiger partial charge in [0.15, 0.2) is 11.5 Å². The molecule has 2 rings (SSSR count). The highest BCUT2D eigenvalue weighted by Crippen LogP contribution is 2.36. The minimum atomic E-state index is 0.301. The predicted molar refractivity (Wildman–Crippen MR) is 88.9 cm³/mol. The highest BCUT2D eigenvalue weighted by atomic mass is 35.5. The molecule has 1 aromatic heterocycles. The Morgan fingerprint density at radius 3 is 2.57 bits per heavy atom.